The second-order valence-electron chi connectivity index (χ2n) is 6.78. The van der Waals surface area contributed by atoms with E-state index in [1.165, 1.54) is 0 Å². The number of hydrogen-bond acceptors (Lipinski definition) is 5. The van der Waals surface area contributed by atoms with Crippen LogP contribution in [0, 0.1) is 0 Å². The van der Waals surface area contributed by atoms with E-state index < -0.39 is 42.4 Å². The van der Waals surface area contributed by atoms with E-state index in [4.69, 9.17) is 9.84 Å². The topological polar surface area (TPSA) is 142 Å². The van der Waals surface area contributed by atoms with Crippen LogP contribution in [0.15, 0.2) is 60.7 Å². The van der Waals surface area contributed by atoms with Gasteiger partial charge < -0.3 is 25.6 Å². The Morgan fingerprint density at radius 2 is 1.39 bits per heavy atom. The second-order valence-corrected chi connectivity index (χ2v) is 6.78. The van der Waals surface area contributed by atoms with Crippen molar-refractivity contribution in [2.45, 2.75) is 38.0 Å². The van der Waals surface area contributed by atoms with Crippen LogP contribution in [0.1, 0.15) is 24.0 Å². The van der Waals surface area contributed by atoms with Gasteiger partial charge in [0.1, 0.15) is 18.7 Å². The number of nitrogens with one attached hydrogen (secondary N) is 2. The molecular weight excluding hydrogens is 404 g/mol. The smallest absolute Gasteiger partial charge is 0.408 e. The zero-order chi connectivity index (χ0) is 22.6. The van der Waals surface area contributed by atoms with Crippen LogP contribution in [-0.2, 0) is 32.1 Å². The SMILES string of the molecule is O=C(O)CC[C@H](NC(=O)[C@H](Cc1ccccc1)NC(=O)OCc1ccccc1)C(=O)O. The molecule has 0 aliphatic carbocycles. The highest BCUT2D eigenvalue weighted by molar-refractivity contribution is 5.89. The lowest BCUT2D eigenvalue weighted by molar-refractivity contribution is -0.143. The van der Waals surface area contributed by atoms with Gasteiger partial charge in [0, 0.05) is 12.8 Å². The van der Waals surface area contributed by atoms with E-state index in [1.54, 1.807) is 54.6 Å². The third kappa shape index (κ3) is 8.57. The van der Waals surface area contributed by atoms with E-state index in [2.05, 4.69) is 10.6 Å². The molecule has 2 aromatic rings. The molecular formula is C22H24N2O7. The van der Waals surface area contributed by atoms with E-state index in [-0.39, 0.29) is 19.4 Å². The molecule has 0 aliphatic rings. The van der Waals surface area contributed by atoms with Crippen molar-refractivity contribution in [3.8, 4) is 0 Å². The Labute approximate surface area is 179 Å². The van der Waals surface area contributed by atoms with Gasteiger partial charge in [-0.25, -0.2) is 9.59 Å². The van der Waals surface area contributed by atoms with Gasteiger partial charge in [-0.15, -0.1) is 0 Å². The van der Waals surface area contributed by atoms with Gasteiger partial charge in [0.15, 0.2) is 0 Å². The molecule has 2 amide bonds. The molecule has 2 atom stereocenters. The Kier molecular flexibility index (Phi) is 9.03. The maximum absolute atomic E-state index is 12.7. The van der Waals surface area contributed by atoms with E-state index in [0.29, 0.717) is 0 Å². The maximum atomic E-state index is 12.7. The zero-order valence-corrected chi connectivity index (χ0v) is 16.7. The molecule has 0 aromatic heterocycles. The van der Waals surface area contributed by atoms with Crippen LogP contribution in [0.2, 0.25) is 0 Å². The van der Waals surface area contributed by atoms with Crippen molar-refractivity contribution >= 4 is 23.9 Å². The third-order valence-corrected chi connectivity index (χ3v) is 4.37. The minimum absolute atomic E-state index is 0.00269. The average molecular weight is 428 g/mol. The quantitative estimate of drug-likeness (QED) is 0.428. The van der Waals surface area contributed by atoms with E-state index >= 15 is 0 Å². The summed E-state index contributed by atoms with van der Waals surface area (Å²) < 4.78 is 5.15. The molecule has 2 aromatic carbocycles. The summed E-state index contributed by atoms with van der Waals surface area (Å²) in [6.45, 7) is 0.00269. The van der Waals surface area contributed by atoms with Gasteiger partial charge >= 0.3 is 18.0 Å². The van der Waals surface area contributed by atoms with Gasteiger partial charge in [0.2, 0.25) is 5.91 Å². The Bertz CT molecular complexity index is 887. The number of carboxylic acid groups (broad SMARTS) is 2. The fourth-order valence-corrected chi connectivity index (χ4v) is 2.76. The highest BCUT2D eigenvalue weighted by Crippen LogP contribution is 2.07. The van der Waals surface area contributed by atoms with Crippen LogP contribution in [0.5, 0.6) is 0 Å². The predicted molar refractivity (Wildman–Crippen MR) is 110 cm³/mol. The van der Waals surface area contributed by atoms with E-state index in [0.717, 1.165) is 11.1 Å². The summed E-state index contributed by atoms with van der Waals surface area (Å²) in [5.74, 6) is -3.29. The fourth-order valence-electron chi connectivity index (χ4n) is 2.76. The first-order valence-corrected chi connectivity index (χ1v) is 9.61. The third-order valence-electron chi connectivity index (χ3n) is 4.37. The molecule has 31 heavy (non-hydrogen) atoms. The number of rotatable bonds is 11. The lowest BCUT2D eigenvalue weighted by atomic mass is 10.0. The summed E-state index contributed by atoms with van der Waals surface area (Å²) in [7, 11) is 0. The Hall–Kier alpha value is -3.88. The van der Waals surface area contributed by atoms with Crippen LogP contribution in [0.3, 0.4) is 0 Å². The number of carboxylic acids is 2. The van der Waals surface area contributed by atoms with Gasteiger partial charge in [-0.05, 0) is 17.5 Å². The molecule has 0 saturated heterocycles. The van der Waals surface area contributed by atoms with Crippen LogP contribution >= 0.6 is 0 Å². The largest absolute Gasteiger partial charge is 0.481 e. The minimum Gasteiger partial charge on any atom is -0.481 e. The molecule has 9 nitrogen and oxygen atoms in total. The molecule has 0 aliphatic heterocycles. The van der Waals surface area contributed by atoms with Crippen molar-refractivity contribution in [3.63, 3.8) is 0 Å². The number of carbonyl (C=O) groups is 4. The Morgan fingerprint density at radius 1 is 0.806 bits per heavy atom. The fraction of sp³-hybridized carbons (Fsp3) is 0.273. The number of aliphatic carboxylic acids is 2. The van der Waals surface area contributed by atoms with Gasteiger partial charge in [0.25, 0.3) is 0 Å². The van der Waals surface area contributed by atoms with Gasteiger partial charge in [-0.2, -0.15) is 0 Å². The predicted octanol–water partition coefficient (Wildman–Crippen LogP) is 1.96. The number of alkyl carbamates (subject to hydrolysis) is 1. The summed E-state index contributed by atoms with van der Waals surface area (Å²) in [5.41, 5.74) is 1.50. The molecule has 0 heterocycles. The van der Waals surface area contributed by atoms with E-state index in [1.807, 2.05) is 6.07 Å². The molecule has 164 valence electrons. The normalized spacial score (nSPS) is 12.3. The van der Waals surface area contributed by atoms with Crippen molar-refractivity contribution in [1.29, 1.82) is 0 Å². The molecule has 0 spiro atoms. The van der Waals surface area contributed by atoms with Crippen molar-refractivity contribution in [3.05, 3.63) is 71.8 Å². The lowest BCUT2D eigenvalue weighted by Gasteiger charge is -2.21. The van der Waals surface area contributed by atoms with Crippen molar-refractivity contribution in [2.75, 3.05) is 0 Å². The molecule has 0 fully saturated rings. The van der Waals surface area contributed by atoms with Crippen LogP contribution in [0.25, 0.3) is 0 Å². The molecule has 0 radical (unpaired) electrons. The number of amides is 2. The Balaban J connectivity index is 2.05. The van der Waals surface area contributed by atoms with Crippen molar-refractivity contribution in [1.82, 2.24) is 10.6 Å². The molecule has 2 rings (SSSR count). The highest BCUT2D eigenvalue weighted by atomic mass is 16.5. The van der Waals surface area contributed by atoms with Crippen LogP contribution in [-0.4, -0.2) is 46.2 Å². The average Bonchev–Trinajstić information content (AvgIpc) is 2.75. The van der Waals surface area contributed by atoms with Crippen LogP contribution in [0.4, 0.5) is 4.79 Å². The molecule has 4 N–H and O–H groups in total. The number of carbonyl (C=O) groups excluding carboxylic acids is 2. The first-order valence-electron chi connectivity index (χ1n) is 9.61. The Morgan fingerprint density at radius 3 is 1.94 bits per heavy atom. The van der Waals surface area contributed by atoms with Crippen LogP contribution < -0.4 is 10.6 Å². The standard InChI is InChI=1S/C22H24N2O7/c25-19(26)12-11-17(21(28)29)23-20(27)18(13-15-7-3-1-4-8-15)24-22(30)31-14-16-9-5-2-6-10-16/h1-10,17-18H,11-14H2,(H,23,27)(H,24,30)(H,25,26)(H,28,29)/t17-,18-/m0/s1. The van der Waals surface area contributed by atoms with Gasteiger partial charge in [0.05, 0.1) is 0 Å². The lowest BCUT2D eigenvalue weighted by Crippen LogP contribution is -2.52. The van der Waals surface area contributed by atoms with Crippen molar-refractivity contribution < 1.29 is 34.1 Å². The monoisotopic (exact) mass is 428 g/mol. The molecule has 0 bridgehead atoms. The summed E-state index contributed by atoms with van der Waals surface area (Å²) >= 11 is 0. The first kappa shape index (κ1) is 23.4. The van der Waals surface area contributed by atoms with Gasteiger partial charge in [-0.1, -0.05) is 60.7 Å². The summed E-state index contributed by atoms with van der Waals surface area (Å²) in [6.07, 6.45) is -1.45. The number of hydrogen-bond donors (Lipinski definition) is 4. The van der Waals surface area contributed by atoms with E-state index in [9.17, 15) is 24.3 Å². The summed E-state index contributed by atoms with van der Waals surface area (Å²) in [6, 6.07) is 15.3. The first-order chi connectivity index (χ1) is 14.8. The zero-order valence-electron chi connectivity index (χ0n) is 16.7. The highest BCUT2D eigenvalue weighted by Gasteiger charge is 2.27. The number of benzene rings is 2. The molecule has 0 unspecified atom stereocenters. The molecule has 9 heteroatoms. The second kappa shape index (κ2) is 12.0. The molecule has 0 saturated carbocycles. The minimum atomic E-state index is -1.40. The summed E-state index contributed by atoms with van der Waals surface area (Å²) in [4.78, 5) is 47.1. The van der Waals surface area contributed by atoms with Crippen molar-refractivity contribution in [2.24, 2.45) is 0 Å². The number of ether oxygens (including phenoxy) is 1. The summed E-state index contributed by atoms with van der Waals surface area (Å²) in [5, 5.41) is 22.8. The van der Waals surface area contributed by atoms with Gasteiger partial charge in [-0.3, -0.25) is 9.59 Å². The maximum Gasteiger partial charge on any atom is 0.408 e.